The molecule has 3 aromatic rings. The van der Waals surface area contributed by atoms with E-state index in [2.05, 4.69) is 30.9 Å². The van der Waals surface area contributed by atoms with E-state index >= 15 is 0 Å². The monoisotopic (exact) mass is 408 g/mol. The first-order valence-corrected chi connectivity index (χ1v) is 10.2. The van der Waals surface area contributed by atoms with Crippen LogP contribution in [0.25, 0.3) is 11.0 Å². The number of carbonyl (C=O) groups is 1. The van der Waals surface area contributed by atoms with E-state index in [9.17, 15) is 9.59 Å². The van der Waals surface area contributed by atoms with Crippen molar-refractivity contribution in [3.8, 4) is 5.75 Å². The Morgan fingerprint density at radius 1 is 1.03 bits per heavy atom. The number of aryl methyl sites for hydroxylation is 1. The van der Waals surface area contributed by atoms with E-state index < -0.39 is 5.63 Å². The lowest BCUT2D eigenvalue weighted by molar-refractivity contribution is -0.132. The summed E-state index contributed by atoms with van der Waals surface area (Å²) < 4.78 is 10.9. The number of anilines is 1. The highest BCUT2D eigenvalue weighted by atomic mass is 16.5. The number of hydrogen-bond donors (Lipinski definition) is 0. The Labute approximate surface area is 176 Å². The fraction of sp³-hybridized carbons (Fsp3) is 0.333. The first-order valence-electron chi connectivity index (χ1n) is 10.2. The number of benzene rings is 2. The average Bonchev–Trinajstić information content (AvgIpc) is 2.73. The number of carbonyl (C=O) groups excluding carboxylic acids is 1. The second kappa shape index (κ2) is 9.48. The van der Waals surface area contributed by atoms with Crippen LogP contribution in [0.15, 0.2) is 57.7 Å². The molecule has 0 saturated heterocycles. The Balaban J connectivity index is 1.59. The molecule has 0 radical (unpaired) electrons. The summed E-state index contributed by atoms with van der Waals surface area (Å²) in [6.45, 7) is 8.46. The van der Waals surface area contributed by atoms with E-state index in [0.29, 0.717) is 17.9 Å². The third-order valence-electron chi connectivity index (χ3n) is 5.20. The van der Waals surface area contributed by atoms with Gasteiger partial charge < -0.3 is 19.0 Å². The van der Waals surface area contributed by atoms with Gasteiger partial charge in [-0.3, -0.25) is 4.79 Å². The molecule has 0 spiro atoms. The van der Waals surface area contributed by atoms with Gasteiger partial charge in [-0.05, 0) is 56.2 Å². The first-order chi connectivity index (χ1) is 14.4. The summed E-state index contributed by atoms with van der Waals surface area (Å²) in [5.41, 5.74) is 3.13. The Hall–Kier alpha value is -3.28. The maximum Gasteiger partial charge on any atom is 0.336 e. The molecule has 158 valence electrons. The van der Waals surface area contributed by atoms with Crippen molar-refractivity contribution in [3.63, 3.8) is 0 Å². The number of likely N-dealkylation sites (N-methyl/N-ethyl adjacent to an activating group) is 1. The highest BCUT2D eigenvalue weighted by Crippen LogP contribution is 2.22. The summed E-state index contributed by atoms with van der Waals surface area (Å²) >= 11 is 0. The van der Waals surface area contributed by atoms with Crippen LogP contribution in [0.3, 0.4) is 0 Å². The molecule has 0 unspecified atom stereocenters. The molecule has 6 heteroatoms. The van der Waals surface area contributed by atoms with Gasteiger partial charge >= 0.3 is 5.63 Å². The van der Waals surface area contributed by atoms with Gasteiger partial charge in [-0.2, -0.15) is 0 Å². The molecule has 0 fully saturated rings. The molecule has 0 aliphatic carbocycles. The molecule has 0 atom stereocenters. The van der Waals surface area contributed by atoms with Gasteiger partial charge in [0.2, 0.25) is 0 Å². The highest BCUT2D eigenvalue weighted by molar-refractivity contribution is 5.81. The van der Waals surface area contributed by atoms with Crippen LogP contribution in [-0.2, 0) is 11.3 Å². The lowest BCUT2D eigenvalue weighted by Gasteiger charge is -2.22. The first kappa shape index (κ1) is 21.4. The molecular formula is C24H28N2O4. The van der Waals surface area contributed by atoms with E-state index in [0.717, 1.165) is 29.6 Å². The number of rotatable bonds is 8. The zero-order valence-electron chi connectivity index (χ0n) is 18.0. The van der Waals surface area contributed by atoms with Crippen molar-refractivity contribution >= 4 is 22.6 Å². The van der Waals surface area contributed by atoms with Crippen LogP contribution in [0, 0.1) is 6.92 Å². The fourth-order valence-corrected chi connectivity index (χ4v) is 3.41. The van der Waals surface area contributed by atoms with E-state index in [1.54, 1.807) is 24.1 Å². The van der Waals surface area contributed by atoms with Crippen molar-refractivity contribution in [2.24, 2.45) is 0 Å². The van der Waals surface area contributed by atoms with Crippen LogP contribution in [0.5, 0.6) is 5.75 Å². The summed E-state index contributed by atoms with van der Waals surface area (Å²) in [4.78, 5) is 28.0. The smallest absolute Gasteiger partial charge is 0.336 e. The molecule has 0 aliphatic heterocycles. The third kappa shape index (κ3) is 5.00. The molecule has 1 amide bonds. The molecule has 0 N–H and O–H groups in total. The minimum Gasteiger partial charge on any atom is -0.484 e. The van der Waals surface area contributed by atoms with E-state index in [4.69, 9.17) is 9.15 Å². The molecule has 1 heterocycles. The number of ether oxygens (including phenoxy) is 1. The largest absolute Gasteiger partial charge is 0.484 e. The topological polar surface area (TPSA) is 63.0 Å². The average molecular weight is 408 g/mol. The van der Waals surface area contributed by atoms with Crippen LogP contribution in [0.2, 0.25) is 0 Å². The molecule has 2 aromatic carbocycles. The van der Waals surface area contributed by atoms with Gasteiger partial charge in [-0.25, -0.2) is 4.79 Å². The Bertz CT molecular complexity index is 1070. The Morgan fingerprint density at radius 2 is 1.73 bits per heavy atom. The van der Waals surface area contributed by atoms with Crippen molar-refractivity contribution in [3.05, 3.63) is 70.1 Å². The second-order valence-corrected chi connectivity index (χ2v) is 7.28. The quantitative estimate of drug-likeness (QED) is 0.528. The van der Waals surface area contributed by atoms with Crippen LogP contribution in [-0.4, -0.2) is 37.6 Å². The Kier molecular flexibility index (Phi) is 6.77. The molecule has 3 rings (SSSR count). The molecule has 0 saturated carbocycles. The molecule has 30 heavy (non-hydrogen) atoms. The van der Waals surface area contributed by atoms with Crippen LogP contribution in [0.4, 0.5) is 5.69 Å². The van der Waals surface area contributed by atoms with Gasteiger partial charge in [-0.15, -0.1) is 0 Å². The normalized spacial score (nSPS) is 10.8. The van der Waals surface area contributed by atoms with Gasteiger partial charge in [0.25, 0.3) is 5.91 Å². The van der Waals surface area contributed by atoms with Gasteiger partial charge in [0.05, 0.1) is 0 Å². The third-order valence-corrected chi connectivity index (χ3v) is 5.20. The van der Waals surface area contributed by atoms with E-state index in [1.807, 2.05) is 25.1 Å². The van der Waals surface area contributed by atoms with E-state index in [-0.39, 0.29) is 12.5 Å². The predicted octanol–water partition coefficient (Wildman–Crippen LogP) is 3.99. The molecule has 1 aromatic heterocycles. The van der Waals surface area contributed by atoms with Gasteiger partial charge in [0, 0.05) is 49.9 Å². The Morgan fingerprint density at radius 3 is 2.40 bits per heavy atom. The zero-order chi connectivity index (χ0) is 21.7. The van der Waals surface area contributed by atoms with Crippen molar-refractivity contribution in [2.45, 2.75) is 27.3 Å². The van der Waals surface area contributed by atoms with Crippen molar-refractivity contribution in [1.29, 1.82) is 0 Å². The summed E-state index contributed by atoms with van der Waals surface area (Å²) in [6.07, 6.45) is 0. The van der Waals surface area contributed by atoms with Gasteiger partial charge in [-0.1, -0.05) is 12.1 Å². The minimum absolute atomic E-state index is 0.0877. The van der Waals surface area contributed by atoms with Crippen molar-refractivity contribution < 1.29 is 13.9 Å². The zero-order valence-corrected chi connectivity index (χ0v) is 18.0. The van der Waals surface area contributed by atoms with Crippen molar-refractivity contribution in [2.75, 3.05) is 31.6 Å². The van der Waals surface area contributed by atoms with Gasteiger partial charge in [0.15, 0.2) is 6.61 Å². The predicted molar refractivity (Wildman–Crippen MR) is 119 cm³/mol. The van der Waals surface area contributed by atoms with Gasteiger partial charge in [0.1, 0.15) is 11.3 Å². The lowest BCUT2D eigenvalue weighted by atomic mass is 10.1. The highest BCUT2D eigenvalue weighted by Gasteiger charge is 2.12. The summed E-state index contributed by atoms with van der Waals surface area (Å²) in [6, 6.07) is 15.0. The number of amides is 1. The maximum absolute atomic E-state index is 12.5. The molecule has 0 bridgehead atoms. The summed E-state index contributed by atoms with van der Waals surface area (Å²) in [7, 11) is 1.76. The van der Waals surface area contributed by atoms with E-state index in [1.165, 1.54) is 11.8 Å². The molecule has 6 nitrogen and oxygen atoms in total. The summed E-state index contributed by atoms with van der Waals surface area (Å²) in [5.74, 6) is 0.357. The fourth-order valence-electron chi connectivity index (χ4n) is 3.41. The van der Waals surface area contributed by atoms with Crippen LogP contribution >= 0.6 is 0 Å². The lowest BCUT2D eigenvalue weighted by Crippen LogP contribution is -2.31. The molecular weight excluding hydrogens is 380 g/mol. The SMILES string of the molecule is CCN(CC)c1ccc(CN(C)C(=O)COc2ccc3c(C)cc(=O)oc3c2)cc1. The summed E-state index contributed by atoms with van der Waals surface area (Å²) in [5, 5.41) is 0.846. The number of fused-ring (bicyclic) bond motifs is 1. The minimum atomic E-state index is -0.403. The van der Waals surface area contributed by atoms with Crippen LogP contribution in [0.1, 0.15) is 25.0 Å². The molecule has 0 aliphatic rings. The number of hydrogen-bond acceptors (Lipinski definition) is 5. The maximum atomic E-state index is 12.5. The van der Waals surface area contributed by atoms with Crippen molar-refractivity contribution in [1.82, 2.24) is 4.90 Å². The van der Waals surface area contributed by atoms with Crippen LogP contribution < -0.4 is 15.3 Å². The standard InChI is InChI=1S/C24H28N2O4/c1-5-26(6-2)19-9-7-18(8-10-19)15-25(4)23(27)16-29-20-11-12-21-17(3)13-24(28)30-22(21)14-20/h7-14H,5-6,15-16H2,1-4H3. The second-order valence-electron chi connectivity index (χ2n) is 7.28. The number of nitrogens with zero attached hydrogens (tertiary/aromatic N) is 2.